The first kappa shape index (κ1) is 20.9. The molecule has 1 heterocycles. The molecule has 0 saturated carbocycles. The Bertz CT molecular complexity index is 1020. The van der Waals surface area contributed by atoms with E-state index in [2.05, 4.69) is 15.7 Å². The smallest absolute Gasteiger partial charge is 0.277 e. The minimum Gasteiger partial charge on any atom is -0.495 e. The average Bonchev–Trinajstić information content (AvgIpc) is 3.10. The second kappa shape index (κ2) is 8.69. The van der Waals surface area contributed by atoms with Gasteiger partial charge in [-0.05, 0) is 49.2 Å². The van der Waals surface area contributed by atoms with E-state index in [9.17, 15) is 9.59 Å². The molecule has 3 aromatic rings. The number of rotatable bonds is 6. The van der Waals surface area contributed by atoms with Crippen molar-refractivity contribution in [3.8, 4) is 11.5 Å². The predicted molar refractivity (Wildman–Crippen MR) is 115 cm³/mol. The molecule has 0 saturated heterocycles. The van der Waals surface area contributed by atoms with Crippen LogP contribution in [0.25, 0.3) is 0 Å². The molecule has 0 atom stereocenters. The van der Waals surface area contributed by atoms with Crippen LogP contribution in [0.4, 0.5) is 11.4 Å². The summed E-state index contributed by atoms with van der Waals surface area (Å²) in [5, 5.41) is 9.76. The average molecular weight is 408 g/mol. The number of benzene rings is 2. The largest absolute Gasteiger partial charge is 0.495 e. The molecule has 8 heteroatoms. The zero-order chi connectivity index (χ0) is 21.8. The zero-order valence-electron chi connectivity index (χ0n) is 17.6. The Labute approximate surface area is 174 Å². The predicted octanol–water partition coefficient (Wildman–Crippen LogP) is 3.56. The number of hydrogen-bond acceptors (Lipinski definition) is 5. The Hall–Kier alpha value is -3.81. The normalized spacial score (nSPS) is 10.4. The fourth-order valence-electron chi connectivity index (χ4n) is 3.03. The summed E-state index contributed by atoms with van der Waals surface area (Å²) in [6, 6.07) is 10.9. The topological polar surface area (TPSA) is 94.5 Å². The SMILES string of the molecule is COc1ccc(C)cc1NC(=O)c1cn(C)nc1C(=O)Nc1cc(C)ccc1OC. The van der Waals surface area contributed by atoms with Gasteiger partial charge in [-0.3, -0.25) is 14.3 Å². The maximum atomic E-state index is 12.9. The second-order valence-electron chi connectivity index (χ2n) is 6.88. The molecule has 8 nitrogen and oxygen atoms in total. The van der Waals surface area contributed by atoms with Crippen LogP contribution in [0.15, 0.2) is 42.6 Å². The second-order valence-corrected chi connectivity index (χ2v) is 6.88. The van der Waals surface area contributed by atoms with Gasteiger partial charge in [-0.1, -0.05) is 12.1 Å². The quantitative estimate of drug-likeness (QED) is 0.650. The van der Waals surface area contributed by atoms with Crippen LogP contribution >= 0.6 is 0 Å². The van der Waals surface area contributed by atoms with Crippen molar-refractivity contribution >= 4 is 23.2 Å². The molecule has 0 aliphatic rings. The third kappa shape index (κ3) is 4.43. The molecule has 2 amide bonds. The highest BCUT2D eigenvalue weighted by Gasteiger charge is 2.23. The monoisotopic (exact) mass is 408 g/mol. The van der Waals surface area contributed by atoms with Crippen LogP contribution in [0.2, 0.25) is 0 Å². The first-order valence-electron chi connectivity index (χ1n) is 9.28. The van der Waals surface area contributed by atoms with E-state index in [4.69, 9.17) is 9.47 Å². The van der Waals surface area contributed by atoms with E-state index in [1.54, 1.807) is 31.3 Å². The Morgan fingerprint density at radius 1 is 0.867 bits per heavy atom. The van der Waals surface area contributed by atoms with Crippen molar-refractivity contribution in [1.82, 2.24) is 9.78 Å². The Morgan fingerprint density at radius 2 is 1.37 bits per heavy atom. The molecule has 0 bridgehead atoms. The van der Waals surface area contributed by atoms with Gasteiger partial charge in [-0.15, -0.1) is 0 Å². The molecule has 30 heavy (non-hydrogen) atoms. The highest BCUT2D eigenvalue weighted by atomic mass is 16.5. The number of anilines is 2. The van der Waals surface area contributed by atoms with E-state index in [0.29, 0.717) is 22.9 Å². The maximum Gasteiger partial charge on any atom is 0.277 e. The van der Waals surface area contributed by atoms with Gasteiger partial charge >= 0.3 is 0 Å². The molecule has 0 aliphatic carbocycles. The number of nitrogens with zero attached hydrogens (tertiary/aromatic N) is 2. The Balaban J connectivity index is 1.89. The van der Waals surface area contributed by atoms with Crippen molar-refractivity contribution in [3.63, 3.8) is 0 Å². The number of carbonyl (C=O) groups is 2. The van der Waals surface area contributed by atoms with Gasteiger partial charge in [0, 0.05) is 13.2 Å². The van der Waals surface area contributed by atoms with Crippen LogP contribution in [0.5, 0.6) is 11.5 Å². The lowest BCUT2D eigenvalue weighted by molar-refractivity contribution is 0.0988. The number of aryl methyl sites for hydroxylation is 3. The molecule has 2 aromatic carbocycles. The molecule has 0 spiro atoms. The number of amides is 2. The zero-order valence-corrected chi connectivity index (χ0v) is 17.6. The van der Waals surface area contributed by atoms with E-state index >= 15 is 0 Å². The van der Waals surface area contributed by atoms with Gasteiger partial charge in [0.25, 0.3) is 11.8 Å². The molecule has 2 N–H and O–H groups in total. The number of nitrogens with one attached hydrogen (secondary N) is 2. The van der Waals surface area contributed by atoms with Gasteiger partial charge in [0.15, 0.2) is 5.69 Å². The van der Waals surface area contributed by atoms with E-state index in [-0.39, 0.29) is 11.3 Å². The van der Waals surface area contributed by atoms with Gasteiger partial charge in [0.1, 0.15) is 11.5 Å². The van der Waals surface area contributed by atoms with Crippen molar-refractivity contribution in [2.24, 2.45) is 7.05 Å². The summed E-state index contributed by atoms with van der Waals surface area (Å²) in [5.74, 6) is 0.0583. The fraction of sp³-hybridized carbons (Fsp3) is 0.227. The van der Waals surface area contributed by atoms with Crippen molar-refractivity contribution in [2.45, 2.75) is 13.8 Å². The lowest BCUT2D eigenvalue weighted by Crippen LogP contribution is -2.20. The summed E-state index contributed by atoms with van der Waals surface area (Å²) in [7, 11) is 4.70. The molecule has 0 fully saturated rings. The number of methoxy groups -OCH3 is 2. The maximum absolute atomic E-state index is 12.9. The summed E-state index contributed by atoms with van der Waals surface area (Å²) in [6.45, 7) is 3.82. The van der Waals surface area contributed by atoms with E-state index in [1.165, 1.54) is 25.1 Å². The molecule has 156 valence electrons. The number of carbonyl (C=O) groups excluding carboxylic acids is 2. The molecule has 0 unspecified atom stereocenters. The lowest BCUT2D eigenvalue weighted by Gasteiger charge is -2.12. The van der Waals surface area contributed by atoms with Gasteiger partial charge in [0.05, 0.1) is 31.2 Å². The Kier molecular flexibility index (Phi) is 6.06. The van der Waals surface area contributed by atoms with E-state index in [1.807, 2.05) is 26.0 Å². The lowest BCUT2D eigenvalue weighted by atomic mass is 10.1. The highest BCUT2D eigenvalue weighted by molar-refractivity contribution is 6.14. The van der Waals surface area contributed by atoms with Crippen molar-refractivity contribution in [2.75, 3.05) is 24.9 Å². The molecule has 0 aliphatic heterocycles. The summed E-state index contributed by atoms with van der Waals surface area (Å²) >= 11 is 0. The van der Waals surface area contributed by atoms with Crippen molar-refractivity contribution in [1.29, 1.82) is 0 Å². The van der Waals surface area contributed by atoms with Crippen molar-refractivity contribution in [3.05, 3.63) is 65.0 Å². The summed E-state index contributed by atoms with van der Waals surface area (Å²) in [5.41, 5.74) is 3.08. The van der Waals surface area contributed by atoms with Gasteiger partial charge in [-0.25, -0.2) is 0 Å². The third-order valence-corrected chi connectivity index (χ3v) is 4.49. The van der Waals surface area contributed by atoms with E-state index in [0.717, 1.165) is 11.1 Å². The van der Waals surface area contributed by atoms with Crippen LogP contribution in [-0.4, -0.2) is 35.8 Å². The van der Waals surface area contributed by atoms with Gasteiger partial charge < -0.3 is 20.1 Å². The molecular formula is C22H24N4O4. The minimum absolute atomic E-state index is 0.00480. The van der Waals surface area contributed by atoms with Crippen LogP contribution < -0.4 is 20.1 Å². The standard InChI is InChI=1S/C22H24N4O4/c1-13-6-8-18(29-4)16(10-13)23-21(27)15-12-26(3)25-20(15)22(28)24-17-11-14(2)7-9-19(17)30-5/h6-12H,1-5H3,(H,23,27)(H,24,28). The van der Waals surface area contributed by atoms with Crippen LogP contribution in [0.1, 0.15) is 32.0 Å². The summed E-state index contributed by atoms with van der Waals surface area (Å²) in [4.78, 5) is 25.9. The van der Waals surface area contributed by atoms with Gasteiger partial charge in [0.2, 0.25) is 0 Å². The van der Waals surface area contributed by atoms with Gasteiger partial charge in [-0.2, -0.15) is 5.10 Å². The first-order valence-corrected chi connectivity index (χ1v) is 9.28. The fourth-order valence-corrected chi connectivity index (χ4v) is 3.03. The third-order valence-electron chi connectivity index (χ3n) is 4.49. The first-order chi connectivity index (χ1) is 14.3. The summed E-state index contributed by atoms with van der Waals surface area (Å²) < 4.78 is 12.0. The number of ether oxygens (including phenoxy) is 2. The molecular weight excluding hydrogens is 384 g/mol. The van der Waals surface area contributed by atoms with Crippen molar-refractivity contribution < 1.29 is 19.1 Å². The number of hydrogen-bond donors (Lipinski definition) is 2. The molecule has 0 radical (unpaired) electrons. The Morgan fingerprint density at radius 3 is 1.87 bits per heavy atom. The minimum atomic E-state index is -0.513. The molecule has 3 rings (SSSR count). The number of aromatic nitrogens is 2. The van der Waals surface area contributed by atoms with E-state index < -0.39 is 11.8 Å². The van der Waals surface area contributed by atoms with Crippen LogP contribution in [0, 0.1) is 13.8 Å². The van der Waals surface area contributed by atoms with Crippen LogP contribution in [0.3, 0.4) is 0 Å². The highest BCUT2D eigenvalue weighted by Crippen LogP contribution is 2.27. The van der Waals surface area contributed by atoms with Crippen LogP contribution in [-0.2, 0) is 7.05 Å². The molecule has 1 aromatic heterocycles. The summed E-state index contributed by atoms with van der Waals surface area (Å²) in [6.07, 6.45) is 1.50.